The molecule has 0 saturated carbocycles. The molecule has 0 spiro atoms. The summed E-state index contributed by atoms with van der Waals surface area (Å²) in [6, 6.07) is 19.3. The summed E-state index contributed by atoms with van der Waals surface area (Å²) in [6.07, 6.45) is 35.5. The van der Waals surface area contributed by atoms with E-state index in [2.05, 4.69) is 39.5 Å². The van der Waals surface area contributed by atoms with Gasteiger partial charge in [-0.05, 0) is 86.6 Å². The quantitative estimate of drug-likeness (QED) is 0.0240. The van der Waals surface area contributed by atoms with Gasteiger partial charge in [0.15, 0.2) is 11.5 Å². The fourth-order valence-electron chi connectivity index (χ4n) is 8.31. The number of rotatable bonds is 44. The molecule has 0 aliphatic carbocycles. The molecule has 0 bridgehead atoms. The SMILES string of the molecule is C=C(C)C(=O)OCCCCCCCCOc1ccc(-c2ccc(OC(=O)c3cc(OCCCCCCCCCC)c(OCCCCCCCCCC)c(OCCCCCCCCCC)c3)cc2)cc1. The zero-order valence-corrected chi connectivity index (χ0v) is 44.0. The summed E-state index contributed by atoms with van der Waals surface area (Å²) in [7, 11) is 0. The molecular weight excluding hydrogens is 861 g/mol. The molecule has 69 heavy (non-hydrogen) atoms. The van der Waals surface area contributed by atoms with E-state index in [1.54, 1.807) is 19.1 Å². The lowest BCUT2D eigenvalue weighted by Gasteiger charge is -2.19. The van der Waals surface area contributed by atoms with E-state index in [0.29, 0.717) is 67.2 Å². The molecule has 0 amide bonds. The molecule has 8 nitrogen and oxygen atoms in total. The summed E-state index contributed by atoms with van der Waals surface area (Å²) in [6.45, 7) is 14.9. The van der Waals surface area contributed by atoms with Crippen molar-refractivity contribution in [3.05, 3.63) is 78.4 Å². The maximum atomic E-state index is 13.9. The standard InChI is InChI=1S/C61H94O8/c1-6-9-12-15-18-21-27-32-45-65-57-49-54(50-58(66-46-33-28-22-19-16-13-10-7-2)59(57)67-47-34-29-23-20-17-14-11-8-3)61(63)69-56-42-38-53(39-43-56)52-36-40-55(41-37-52)64-44-31-26-24-25-30-35-48-68-60(62)51(4)5/h36-43,49-50H,4,6-35,44-48H2,1-3,5H3. The second kappa shape index (κ2) is 39.3. The fourth-order valence-corrected chi connectivity index (χ4v) is 8.31. The number of carbonyl (C=O) groups is 2. The van der Waals surface area contributed by atoms with Gasteiger partial charge in [-0.3, -0.25) is 0 Å². The van der Waals surface area contributed by atoms with Crippen LogP contribution >= 0.6 is 0 Å². The van der Waals surface area contributed by atoms with Crippen LogP contribution in [-0.4, -0.2) is 45.0 Å². The van der Waals surface area contributed by atoms with Crippen LogP contribution in [0.2, 0.25) is 0 Å². The predicted octanol–water partition coefficient (Wildman–Crippen LogP) is 18.0. The number of carbonyl (C=O) groups excluding carboxylic acids is 2. The average molecular weight is 955 g/mol. The summed E-state index contributed by atoms with van der Waals surface area (Å²) < 4.78 is 36.7. The first-order valence-electron chi connectivity index (χ1n) is 27.8. The maximum absolute atomic E-state index is 13.9. The van der Waals surface area contributed by atoms with E-state index in [1.807, 2.05) is 36.4 Å². The van der Waals surface area contributed by atoms with Crippen molar-refractivity contribution in [1.82, 2.24) is 0 Å². The van der Waals surface area contributed by atoms with E-state index >= 15 is 0 Å². The largest absolute Gasteiger partial charge is 0.494 e. The molecule has 0 aliphatic rings. The molecule has 0 heterocycles. The smallest absolute Gasteiger partial charge is 0.343 e. The van der Waals surface area contributed by atoms with E-state index in [1.165, 1.54) is 116 Å². The van der Waals surface area contributed by atoms with Crippen LogP contribution in [0.15, 0.2) is 72.8 Å². The first kappa shape index (κ1) is 58.9. The highest BCUT2D eigenvalue weighted by Crippen LogP contribution is 2.40. The molecule has 386 valence electrons. The highest BCUT2D eigenvalue weighted by atomic mass is 16.5. The average Bonchev–Trinajstić information content (AvgIpc) is 3.36. The first-order chi connectivity index (χ1) is 33.9. The zero-order valence-electron chi connectivity index (χ0n) is 44.0. The topological polar surface area (TPSA) is 89.5 Å². The van der Waals surface area contributed by atoms with Crippen molar-refractivity contribution in [2.75, 3.05) is 33.0 Å². The van der Waals surface area contributed by atoms with Crippen LogP contribution in [0.1, 0.15) is 231 Å². The van der Waals surface area contributed by atoms with Crippen LogP contribution in [0.5, 0.6) is 28.7 Å². The van der Waals surface area contributed by atoms with E-state index in [4.69, 9.17) is 28.4 Å². The molecule has 8 heteroatoms. The van der Waals surface area contributed by atoms with E-state index in [9.17, 15) is 9.59 Å². The molecule has 0 fully saturated rings. The summed E-state index contributed by atoms with van der Waals surface area (Å²) in [5.41, 5.74) is 2.89. The van der Waals surface area contributed by atoms with Crippen LogP contribution in [0.3, 0.4) is 0 Å². The number of ether oxygens (including phenoxy) is 6. The van der Waals surface area contributed by atoms with Crippen molar-refractivity contribution >= 4 is 11.9 Å². The van der Waals surface area contributed by atoms with Crippen LogP contribution < -0.4 is 23.7 Å². The number of hydrogen-bond donors (Lipinski definition) is 0. The first-order valence-corrected chi connectivity index (χ1v) is 27.8. The lowest BCUT2D eigenvalue weighted by Crippen LogP contribution is -2.12. The lowest BCUT2D eigenvalue weighted by molar-refractivity contribution is -0.139. The zero-order chi connectivity index (χ0) is 49.4. The van der Waals surface area contributed by atoms with E-state index in [0.717, 1.165) is 93.9 Å². The predicted molar refractivity (Wildman–Crippen MR) is 287 cm³/mol. The van der Waals surface area contributed by atoms with E-state index < -0.39 is 5.97 Å². The Morgan fingerprint density at radius 1 is 0.406 bits per heavy atom. The third-order valence-corrected chi connectivity index (χ3v) is 12.7. The summed E-state index contributed by atoms with van der Waals surface area (Å²) in [5, 5.41) is 0. The highest BCUT2D eigenvalue weighted by Gasteiger charge is 2.21. The molecule has 0 saturated heterocycles. The van der Waals surface area contributed by atoms with Crippen molar-refractivity contribution < 1.29 is 38.0 Å². The summed E-state index contributed by atoms with van der Waals surface area (Å²) in [4.78, 5) is 25.4. The van der Waals surface area contributed by atoms with Crippen molar-refractivity contribution in [3.8, 4) is 39.9 Å². The van der Waals surface area contributed by atoms with Gasteiger partial charge < -0.3 is 28.4 Å². The Labute approximate surface area is 420 Å². The minimum absolute atomic E-state index is 0.308. The molecule has 0 radical (unpaired) electrons. The van der Waals surface area contributed by atoms with Crippen LogP contribution in [0.25, 0.3) is 11.1 Å². The second-order valence-electron chi connectivity index (χ2n) is 19.1. The number of benzene rings is 3. The van der Waals surface area contributed by atoms with Crippen LogP contribution in [-0.2, 0) is 9.53 Å². The molecule has 0 aromatic heterocycles. The monoisotopic (exact) mass is 955 g/mol. The van der Waals surface area contributed by atoms with Gasteiger partial charge in [0.2, 0.25) is 5.75 Å². The van der Waals surface area contributed by atoms with Gasteiger partial charge in [-0.25, -0.2) is 9.59 Å². The number of esters is 2. The minimum Gasteiger partial charge on any atom is -0.494 e. The van der Waals surface area contributed by atoms with Crippen molar-refractivity contribution in [3.63, 3.8) is 0 Å². The normalized spacial score (nSPS) is 11.1. The molecule has 3 aromatic rings. The van der Waals surface area contributed by atoms with Crippen LogP contribution in [0, 0.1) is 0 Å². The van der Waals surface area contributed by atoms with Gasteiger partial charge in [-0.15, -0.1) is 0 Å². The molecule has 0 unspecified atom stereocenters. The number of hydrogen-bond acceptors (Lipinski definition) is 8. The third kappa shape index (κ3) is 27.5. The van der Waals surface area contributed by atoms with Gasteiger partial charge in [0, 0.05) is 5.57 Å². The molecule has 0 aliphatic heterocycles. The highest BCUT2D eigenvalue weighted by molar-refractivity contribution is 5.93. The van der Waals surface area contributed by atoms with Gasteiger partial charge >= 0.3 is 11.9 Å². The van der Waals surface area contributed by atoms with Gasteiger partial charge in [0.1, 0.15) is 11.5 Å². The van der Waals surface area contributed by atoms with Crippen molar-refractivity contribution in [2.45, 2.75) is 220 Å². The fraction of sp³-hybridized carbons (Fsp3) is 0.639. The molecule has 3 aromatic carbocycles. The number of unbranched alkanes of at least 4 members (excludes halogenated alkanes) is 26. The van der Waals surface area contributed by atoms with Gasteiger partial charge in [-0.1, -0.05) is 212 Å². The Bertz CT molecular complexity index is 1720. The van der Waals surface area contributed by atoms with Crippen molar-refractivity contribution in [2.24, 2.45) is 0 Å². The lowest BCUT2D eigenvalue weighted by atomic mass is 10.1. The molecular formula is C61H94O8. The van der Waals surface area contributed by atoms with Crippen molar-refractivity contribution in [1.29, 1.82) is 0 Å². The summed E-state index contributed by atoms with van der Waals surface area (Å²) in [5.74, 6) is 2.23. The second-order valence-corrected chi connectivity index (χ2v) is 19.1. The Balaban J connectivity index is 1.62. The van der Waals surface area contributed by atoms with Gasteiger partial charge in [-0.2, -0.15) is 0 Å². The molecule has 3 rings (SSSR count). The molecule has 0 N–H and O–H groups in total. The van der Waals surface area contributed by atoms with E-state index in [-0.39, 0.29) is 5.97 Å². The molecule has 0 atom stereocenters. The van der Waals surface area contributed by atoms with Crippen LogP contribution in [0.4, 0.5) is 0 Å². The van der Waals surface area contributed by atoms with Gasteiger partial charge in [0.25, 0.3) is 0 Å². The maximum Gasteiger partial charge on any atom is 0.343 e. The third-order valence-electron chi connectivity index (χ3n) is 12.7. The minimum atomic E-state index is -0.464. The van der Waals surface area contributed by atoms with Gasteiger partial charge in [0.05, 0.1) is 38.6 Å². The summed E-state index contributed by atoms with van der Waals surface area (Å²) >= 11 is 0. The Morgan fingerprint density at radius 3 is 1.13 bits per heavy atom. The Hall–Kier alpha value is -4.46. The Morgan fingerprint density at radius 2 is 0.739 bits per heavy atom. The Kier molecular flexibility index (Phi) is 33.5.